The van der Waals surface area contributed by atoms with Gasteiger partial charge in [0.25, 0.3) is 5.91 Å². The lowest BCUT2D eigenvalue weighted by Gasteiger charge is -2.10. The Morgan fingerprint density at radius 3 is 2.92 bits per heavy atom. The molecular formula is C17H17NO6. The van der Waals surface area contributed by atoms with Crippen molar-refractivity contribution in [1.29, 1.82) is 0 Å². The number of para-hydroxylation sites is 1. The molecule has 24 heavy (non-hydrogen) atoms. The highest BCUT2D eigenvalue weighted by Gasteiger charge is 2.18. The van der Waals surface area contributed by atoms with Crippen molar-refractivity contribution in [3.63, 3.8) is 0 Å². The molecule has 7 nitrogen and oxygen atoms in total. The van der Waals surface area contributed by atoms with Crippen molar-refractivity contribution < 1.29 is 23.5 Å². The van der Waals surface area contributed by atoms with E-state index in [-0.39, 0.29) is 17.3 Å². The lowest BCUT2D eigenvalue weighted by molar-refractivity contribution is -0.124. The standard InChI is InChI=1S/C17H17NO6/c19-13-8-15(24-14-6-2-1-5-12(13)14)17(21)23-10-16(20)18-9-11-4-3-7-22-11/h1-2,5-6,8,11H,3-4,7,9-10H2,(H,18,20)/t11-/m0/s1. The molecule has 0 aliphatic carbocycles. The highest BCUT2D eigenvalue weighted by molar-refractivity contribution is 5.90. The minimum Gasteiger partial charge on any atom is -0.450 e. The SMILES string of the molecule is O=C(COC(=O)c1cc(=O)c2ccccc2o1)NC[C@@H]1CCCO1. The van der Waals surface area contributed by atoms with Crippen molar-refractivity contribution >= 4 is 22.8 Å². The van der Waals surface area contributed by atoms with Crippen molar-refractivity contribution in [2.45, 2.75) is 18.9 Å². The molecule has 1 N–H and O–H groups in total. The highest BCUT2D eigenvalue weighted by atomic mass is 16.5. The number of fused-ring (bicyclic) bond motifs is 1. The van der Waals surface area contributed by atoms with Gasteiger partial charge >= 0.3 is 5.97 Å². The van der Waals surface area contributed by atoms with Crippen LogP contribution in [0.2, 0.25) is 0 Å². The maximum Gasteiger partial charge on any atom is 0.374 e. The predicted molar refractivity (Wildman–Crippen MR) is 84.8 cm³/mol. The Balaban J connectivity index is 1.56. The maximum atomic E-state index is 11.9. The number of rotatable bonds is 5. The van der Waals surface area contributed by atoms with Crippen molar-refractivity contribution in [3.8, 4) is 0 Å². The molecule has 1 saturated heterocycles. The molecule has 1 aromatic carbocycles. The van der Waals surface area contributed by atoms with Crippen LogP contribution in [-0.4, -0.2) is 37.7 Å². The average Bonchev–Trinajstić information content (AvgIpc) is 3.11. The van der Waals surface area contributed by atoms with E-state index in [4.69, 9.17) is 13.9 Å². The molecule has 7 heteroatoms. The van der Waals surface area contributed by atoms with E-state index in [9.17, 15) is 14.4 Å². The van der Waals surface area contributed by atoms with E-state index in [1.807, 2.05) is 0 Å². The van der Waals surface area contributed by atoms with Crippen LogP contribution in [0.3, 0.4) is 0 Å². The van der Waals surface area contributed by atoms with Crippen LogP contribution in [0.4, 0.5) is 0 Å². The molecule has 0 radical (unpaired) electrons. The van der Waals surface area contributed by atoms with E-state index in [0.29, 0.717) is 24.1 Å². The van der Waals surface area contributed by atoms with E-state index < -0.39 is 18.5 Å². The van der Waals surface area contributed by atoms with Crippen LogP contribution >= 0.6 is 0 Å². The summed E-state index contributed by atoms with van der Waals surface area (Å²) in [6.45, 7) is 0.653. The number of amides is 1. The quantitative estimate of drug-likeness (QED) is 0.829. The monoisotopic (exact) mass is 331 g/mol. The minimum absolute atomic E-state index is 0.0168. The van der Waals surface area contributed by atoms with Gasteiger partial charge in [0, 0.05) is 19.2 Å². The van der Waals surface area contributed by atoms with Crippen LogP contribution in [-0.2, 0) is 14.3 Å². The molecule has 1 fully saturated rings. The van der Waals surface area contributed by atoms with Crippen molar-refractivity contribution in [1.82, 2.24) is 5.32 Å². The summed E-state index contributed by atoms with van der Waals surface area (Å²) in [5, 5.41) is 3.02. The lowest BCUT2D eigenvalue weighted by atomic mass is 10.2. The fourth-order valence-electron chi connectivity index (χ4n) is 2.49. The molecule has 0 unspecified atom stereocenters. The van der Waals surface area contributed by atoms with Gasteiger partial charge in [0.05, 0.1) is 11.5 Å². The third-order valence-electron chi connectivity index (χ3n) is 3.72. The predicted octanol–water partition coefficient (Wildman–Crippen LogP) is 1.24. The summed E-state index contributed by atoms with van der Waals surface area (Å²) >= 11 is 0. The number of benzene rings is 1. The second kappa shape index (κ2) is 7.27. The first-order valence-electron chi connectivity index (χ1n) is 7.72. The van der Waals surface area contributed by atoms with Gasteiger partial charge in [-0.15, -0.1) is 0 Å². The largest absolute Gasteiger partial charge is 0.450 e. The Morgan fingerprint density at radius 2 is 2.12 bits per heavy atom. The molecule has 1 aliphatic rings. The highest BCUT2D eigenvalue weighted by Crippen LogP contribution is 2.12. The van der Waals surface area contributed by atoms with Gasteiger partial charge in [0.2, 0.25) is 5.76 Å². The molecule has 2 heterocycles. The second-order valence-corrected chi connectivity index (χ2v) is 5.49. The Bertz CT molecular complexity index is 806. The van der Waals surface area contributed by atoms with Crippen LogP contribution in [0.15, 0.2) is 39.5 Å². The Labute approximate surface area is 137 Å². The molecule has 1 atom stereocenters. The molecule has 1 amide bonds. The van der Waals surface area contributed by atoms with E-state index in [2.05, 4.69) is 5.32 Å². The molecule has 1 aromatic heterocycles. The van der Waals surface area contributed by atoms with Gasteiger partial charge in [0.15, 0.2) is 12.0 Å². The molecule has 0 spiro atoms. The minimum atomic E-state index is -0.856. The molecule has 3 rings (SSSR count). The summed E-state index contributed by atoms with van der Waals surface area (Å²) in [6, 6.07) is 7.65. The van der Waals surface area contributed by atoms with Crippen LogP contribution < -0.4 is 10.7 Å². The first-order chi connectivity index (χ1) is 11.6. The van der Waals surface area contributed by atoms with Crippen LogP contribution in [0.25, 0.3) is 11.0 Å². The second-order valence-electron chi connectivity index (χ2n) is 5.49. The maximum absolute atomic E-state index is 11.9. The number of carbonyl (C=O) groups is 2. The normalized spacial score (nSPS) is 16.9. The van der Waals surface area contributed by atoms with Gasteiger partial charge in [0.1, 0.15) is 5.58 Å². The summed E-state index contributed by atoms with van der Waals surface area (Å²) in [7, 11) is 0. The topological polar surface area (TPSA) is 94.8 Å². The first kappa shape index (κ1) is 16.2. The van der Waals surface area contributed by atoms with Gasteiger partial charge in [-0.1, -0.05) is 12.1 Å². The van der Waals surface area contributed by atoms with Gasteiger partial charge in [-0.2, -0.15) is 0 Å². The zero-order valence-electron chi connectivity index (χ0n) is 12.9. The fourth-order valence-corrected chi connectivity index (χ4v) is 2.49. The number of ether oxygens (including phenoxy) is 2. The lowest BCUT2D eigenvalue weighted by Crippen LogP contribution is -2.34. The van der Waals surface area contributed by atoms with Crippen molar-refractivity contribution in [2.24, 2.45) is 0 Å². The first-order valence-corrected chi connectivity index (χ1v) is 7.72. The molecule has 126 valence electrons. The summed E-state index contributed by atoms with van der Waals surface area (Å²) < 4.78 is 15.6. The molecule has 2 aromatic rings. The summed E-state index contributed by atoms with van der Waals surface area (Å²) in [5.41, 5.74) is -0.0496. The van der Waals surface area contributed by atoms with E-state index in [1.54, 1.807) is 24.3 Å². The van der Waals surface area contributed by atoms with Gasteiger partial charge in [-0.25, -0.2) is 4.79 Å². The molecule has 0 saturated carbocycles. The van der Waals surface area contributed by atoms with E-state index in [1.165, 1.54) is 0 Å². The Hall–Kier alpha value is -2.67. The summed E-state index contributed by atoms with van der Waals surface area (Å²) in [5.74, 6) is -1.52. The van der Waals surface area contributed by atoms with Crippen LogP contribution in [0, 0.1) is 0 Å². The number of carbonyl (C=O) groups excluding carboxylic acids is 2. The van der Waals surface area contributed by atoms with Gasteiger partial charge in [-0.05, 0) is 25.0 Å². The van der Waals surface area contributed by atoms with E-state index >= 15 is 0 Å². The average molecular weight is 331 g/mol. The molecular weight excluding hydrogens is 314 g/mol. The molecule has 0 bridgehead atoms. The Kier molecular flexibility index (Phi) is 4.90. The number of esters is 1. The number of hydrogen-bond acceptors (Lipinski definition) is 6. The van der Waals surface area contributed by atoms with Crippen LogP contribution in [0.5, 0.6) is 0 Å². The zero-order chi connectivity index (χ0) is 16.9. The van der Waals surface area contributed by atoms with Crippen molar-refractivity contribution in [3.05, 3.63) is 46.3 Å². The van der Waals surface area contributed by atoms with Crippen molar-refractivity contribution in [2.75, 3.05) is 19.8 Å². The molecule has 1 aliphatic heterocycles. The number of nitrogens with one attached hydrogen (secondary N) is 1. The van der Waals surface area contributed by atoms with E-state index in [0.717, 1.165) is 18.9 Å². The summed E-state index contributed by atoms with van der Waals surface area (Å²) in [4.78, 5) is 35.6. The number of hydrogen-bond donors (Lipinski definition) is 1. The van der Waals surface area contributed by atoms with Gasteiger partial charge < -0.3 is 19.2 Å². The van der Waals surface area contributed by atoms with Crippen LogP contribution in [0.1, 0.15) is 23.4 Å². The van der Waals surface area contributed by atoms with Gasteiger partial charge in [-0.3, -0.25) is 9.59 Å². The third kappa shape index (κ3) is 3.80. The Morgan fingerprint density at radius 1 is 1.29 bits per heavy atom. The third-order valence-corrected chi connectivity index (χ3v) is 3.72. The summed E-state index contributed by atoms with van der Waals surface area (Å²) in [6.07, 6.45) is 1.90. The smallest absolute Gasteiger partial charge is 0.374 e. The zero-order valence-corrected chi connectivity index (χ0v) is 12.9. The fraction of sp³-hybridized carbons (Fsp3) is 0.353.